The van der Waals surface area contributed by atoms with Gasteiger partial charge in [-0.2, -0.15) is 15.5 Å². The van der Waals surface area contributed by atoms with Gasteiger partial charge in [-0.05, 0) is 12.1 Å². The first-order chi connectivity index (χ1) is 11.9. The summed E-state index contributed by atoms with van der Waals surface area (Å²) in [6.07, 6.45) is 6.74. The summed E-state index contributed by atoms with van der Waals surface area (Å²) in [5.41, 5.74) is 1.85. The number of furan rings is 1. The van der Waals surface area contributed by atoms with Gasteiger partial charge in [0.1, 0.15) is 34.6 Å². The Labute approximate surface area is 137 Å². The van der Waals surface area contributed by atoms with E-state index in [1.165, 1.54) is 6.26 Å². The number of azo groups is 1. The Morgan fingerprint density at radius 1 is 1.25 bits per heavy atom. The van der Waals surface area contributed by atoms with Gasteiger partial charge in [0, 0.05) is 23.9 Å². The van der Waals surface area contributed by atoms with Crippen molar-refractivity contribution in [2.45, 2.75) is 5.92 Å². The van der Waals surface area contributed by atoms with Crippen molar-refractivity contribution in [3.05, 3.63) is 66.2 Å². The lowest BCUT2D eigenvalue weighted by Gasteiger charge is -2.13. The summed E-state index contributed by atoms with van der Waals surface area (Å²) < 4.78 is 11.5. The van der Waals surface area contributed by atoms with E-state index in [9.17, 15) is 5.26 Å². The molecule has 1 aliphatic rings. The predicted octanol–water partition coefficient (Wildman–Crippen LogP) is 4.55. The summed E-state index contributed by atoms with van der Waals surface area (Å²) in [5, 5.41) is 17.8. The van der Waals surface area contributed by atoms with E-state index in [-0.39, 0.29) is 5.92 Å². The van der Waals surface area contributed by atoms with Crippen LogP contribution in [-0.4, -0.2) is 11.5 Å². The van der Waals surface area contributed by atoms with Crippen LogP contribution in [0.5, 0.6) is 11.6 Å². The molecule has 6 nitrogen and oxygen atoms in total. The molecule has 0 saturated carbocycles. The highest BCUT2D eigenvalue weighted by molar-refractivity contribution is 5.91. The molecular weight excluding hydrogens is 304 g/mol. The minimum absolute atomic E-state index is 0.0148. The van der Waals surface area contributed by atoms with Crippen molar-refractivity contribution in [2.75, 3.05) is 6.54 Å². The Morgan fingerprint density at radius 3 is 2.88 bits per heavy atom. The summed E-state index contributed by atoms with van der Waals surface area (Å²) in [4.78, 5) is 4.42. The molecular formula is C18H12N4O2. The fourth-order valence-corrected chi connectivity index (χ4v) is 2.65. The average Bonchev–Trinajstić information content (AvgIpc) is 3.08. The fraction of sp³-hybridized carbons (Fsp3) is 0.111. The molecule has 0 N–H and O–H groups in total. The third-order valence-corrected chi connectivity index (χ3v) is 3.81. The van der Waals surface area contributed by atoms with Crippen LogP contribution < -0.4 is 4.74 Å². The zero-order chi connectivity index (χ0) is 16.4. The van der Waals surface area contributed by atoms with Crippen molar-refractivity contribution in [2.24, 2.45) is 10.2 Å². The fourth-order valence-electron chi connectivity index (χ4n) is 2.65. The van der Waals surface area contributed by atoms with E-state index < -0.39 is 0 Å². The number of hydrogen-bond donors (Lipinski definition) is 0. The molecule has 116 valence electrons. The molecule has 0 spiro atoms. The lowest BCUT2D eigenvalue weighted by atomic mass is 9.98. The highest BCUT2D eigenvalue weighted by Crippen LogP contribution is 2.37. The van der Waals surface area contributed by atoms with Crippen LogP contribution in [0.25, 0.3) is 11.0 Å². The van der Waals surface area contributed by atoms with Crippen molar-refractivity contribution in [3.8, 4) is 17.7 Å². The molecule has 0 amide bonds. The number of fused-ring (bicyclic) bond motifs is 1. The van der Waals surface area contributed by atoms with Crippen molar-refractivity contribution < 1.29 is 9.15 Å². The molecule has 4 rings (SSSR count). The maximum atomic E-state index is 9.38. The number of pyridine rings is 1. The zero-order valence-electron chi connectivity index (χ0n) is 12.6. The number of para-hydroxylation sites is 1. The number of ether oxygens (including phenoxy) is 1. The Kier molecular flexibility index (Phi) is 3.52. The average molecular weight is 316 g/mol. The van der Waals surface area contributed by atoms with Gasteiger partial charge in [-0.1, -0.05) is 24.3 Å². The van der Waals surface area contributed by atoms with E-state index in [0.29, 0.717) is 34.7 Å². The lowest BCUT2D eigenvalue weighted by molar-refractivity contribution is 0.468. The highest BCUT2D eigenvalue weighted by atomic mass is 16.5. The lowest BCUT2D eigenvalue weighted by Crippen LogP contribution is -2.03. The molecule has 0 fully saturated rings. The van der Waals surface area contributed by atoms with E-state index in [0.717, 1.165) is 5.56 Å². The topological polar surface area (TPSA) is 83.8 Å². The SMILES string of the molecule is N#Cc1coc2c(C3C=CN=NC3)cnc(Oc3ccccc3)c12. The van der Waals surface area contributed by atoms with Gasteiger partial charge in [-0.15, -0.1) is 0 Å². The number of rotatable bonds is 3. The summed E-state index contributed by atoms with van der Waals surface area (Å²) in [6, 6.07) is 11.4. The minimum Gasteiger partial charge on any atom is -0.462 e. The van der Waals surface area contributed by atoms with E-state index in [1.807, 2.05) is 36.4 Å². The molecule has 1 unspecified atom stereocenters. The molecule has 6 heteroatoms. The second kappa shape index (κ2) is 5.97. The molecule has 0 aliphatic carbocycles. The van der Waals surface area contributed by atoms with E-state index >= 15 is 0 Å². The van der Waals surface area contributed by atoms with Gasteiger partial charge in [-0.3, -0.25) is 0 Å². The van der Waals surface area contributed by atoms with E-state index in [4.69, 9.17) is 9.15 Å². The second-order valence-corrected chi connectivity index (χ2v) is 5.29. The minimum atomic E-state index is 0.0148. The summed E-state index contributed by atoms with van der Waals surface area (Å²) in [6.45, 7) is 0.523. The number of hydrogen-bond acceptors (Lipinski definition) is 6. The molecule has 0 bridgehead atoms. The van der Waals surface area contributed by atoms with Crippen molar-refractivity contribution in [1.82, 2.24) is 4.98 Å². The molecule has 0 saturated heterocycles. The highest BCUT2D eigenvalue weighted by Gasteiger charge is 2.22. The smallest absolute Gasteiger partial charge is 0.231 e. The van der Waals surface area contributed by atoms with Gasteiger partial charge in [0.25, 0.3) is 0 Å². The predicted molar refractivity (Wildman–Crippen MR) is 86.8 cm³/mol. The first kappa shape index (κ1) is 14.2. The molecule has 1 atom stereocenters. The Bertz CT molecular complexity index is 983. The Morgan fingerprint density at radius 2 is 2.12 bits per heavy atom. The van der Waals surface area contributed by atoms with Gasteiger partial charge in [-0.25, -0.2) is 4.98 Å². The van der Waals surface area contributed by atoms with Crippen LogP contribution in [0.1, 0.15) is 17.0 Å². The molecule has 1 aromatic carbocycles. The molecule has 0 radical (unpaired) electrons. The van der Waals surface area contributed by atoms with Crippen molar-refractivity contribution in [1.29, 1.82) is 5.26 Å². The van der Waals surface area contributed by atoms with E-state index in [1.54, 1.807) is 12.4 Å². The van der Waals surface area contributed by atoms with Gasteiger partial charge in [0.2, 0.25) is 5.88 Å². The van der Waals surface area contributed by atoms with E-state index in [2.05, 4.69) is 21.3 Å². The maximum Gasteiger partial charge on any atom is 0.231 e. The Hall–Kier alpha value is -3.46. The molecule has 3 heterocycles. The van der Waals surface area contributed by atoms with Crippen LogP contribution in [0.15, 0.2) is 69.7 Å². The van der Waals surface area contributed by atoms with Crippen LogP contribution >= 0.6 is 0 Å². The van der Waals surface area contributed by atoms with Crippen LogP contribution in [0.4, 0.5) is 0 Å². The third-order valence-electron chi connectivity index (χ3n) is 3.81. The number of nitrogens with zero attached hydrogens (tertiary/aromatic N) is 4. The largest absolute Gasteiger partial charge is 0.462 e. The van der Waals surface area contributed by atoms with Gasteiger partial charge < -0.3 is 9.15 Å². The number of benzene rings is 1. The monoisotopic (exact) mass is 316 g/mol. The van der Waals surface area contributed by atoms with Crippen molar-refractivity contribution in [3.63, 3.8) is 0 Å². The normalized spacial score (nSPS) is 16.2. The first-order valence-corrected chi connectivity index (χ1v) is 7.43. The summed E-state index contributed by atoms with van der Waals surface area (Å²) >= 11 is 0. The molecule has 1 aliphatic heterocycles. The van der Waals surface area contributed by atoms with Gasteiger partial charge in [0.15, 0.2) is 0 Å². The van der Waals surface area contributed by atoms with Gasteiger partial charge in [0.05, 0.1) is 6.54 Å². The van der Waals surface area contributed by atoms with Crippen LogP contribution in [0, 0.1) is 11.3 Å². The Balaban J connectivity index is 1.84. The summed E-state index contributed by atoms with van der Waals surface area (Å²) in [5.74, 6) is 1.02. The zero-order valence-corrected chi connectivity index (χ0v) is 12.6. The van der Waals surface area contributed by atoms with Crippen LogP contribution in [0.3, 0.4) is 0 Å². The number of nitriles is 1. The molecule has 2 aromatic heterocycles. The maximum absolute atomic E-state index is 9.38. The standard InChI is InChI=1S/C18H12N4O2/c19-8-13-11-23-17-15(12-6-7-21-22-9-12)10-20-18(16(13)17)24-14-4-2-1-3-5-14/h1-7,10-12H,9H2. The second-order valence-electron chi connectivity index (χ2n) is 5.29. The molecule has 3 aromatic rings. The summed E-state index contributed by atoms with van der Waals surface area (Å²) in [7, 11) is 0. The quantitative estimate of drug-likeness (QED) is 0.709. The van der Waals surface area contributed by atoms with Crippen molar-refractivity contribution >= 4 is 11.0 Å². The van der Waals surface area contributed by atoms with Crippen LogP contribution in [0.2, 0.25) is 0 Å². The molecule has 24 heavy (non-hydrogen) atoms. The van der Waals surface area contributed by atoms with Gasteiger partial charge >= 0.3 is 0 Å². The third kappa shape index (κ3) is 2.42. The first-order valence-electron chi connectivity index (χ1n) is 7.43. The number of aromatic nitrogens is 1. The van der Waals surface area contributed by atoms with Crippen LogP contribution in [-0.2, 0) is 0 Å².